The number of hydrogen-bond acceptors (Lipinski definition) is 3. The fourth-order valence-electron chi connectivity index (χ4n) is 2.68. The van der Waals surface area contributed by atoms with Crippen LogP contribution in [0.25, 0.3) is 0 Å². The number of nitrogens with zero attached hydrogens (tertiary/aromatic N) is 1. The van der Waals surface area contributed by atoms with E-state index in [4.69, 9.17) is 5.11 Å². The van der Waals surface area contributed by atoms with Gasteiger partial charge in [-0.1, -0.05) is 37.3 Å². The molecule has 1 aromatic carbocycles. The summed E-state index contributed by atoms with van der Waals surface area (Å²) in [5.74, 6) is -1.81. The van der Waals surface area contributed by atoms with Crippen molar-refractivity contribution in [1.82, 2.24) is 4.90 Å². The van der Waals surface area contributed by atoms with Gasteiger partial charge in [-0.05, 0) is 12.8 Å². The summed E-state index contributed by atoms with van der Waals surface area (Å²) in [5.41, 5.74) is 0.577. The van der Waals surface area contributed by atoms with Crippen molar-refractivity contribution in [1.29, 1.82) is 0 Å². The van der Waals surface area contributed by atoms with E-state index in [9.17, 15) is 14.4 Å². The smallest absolute Gasteiger partial charge is 0.326 e. The molecule has 21 heavy (non-hydrogen) atoms. The van der Waals surface area contributed by atoms with E-state index in [0.717, 1.165) is 0 Å². The van der Waals surface area contributed by atoms with E-state index in [2.05, 4.69) is 0 Å². The van der Waals surface area contributed by atoms with Crippen LogP contribution in [-0.2, 0) is 9.59 Å². The summed E-state index contributed by atoms with van der Waals surface area (Å²) in [7, 11) is 0. The summed E-state index contributed by atoms with van der Waals surface area (Å²) in [6.07, 6.45) is 1.29. The lowest BCUT2D eigenvalue weighted by Crippen LogP contribution is -2.43. The first-order chi connectivity index (χ1) is 10.0. The van der Waals surface area contributed by atoms with Gasteiger partial charge in [0.1, 0.15) is 6.04 Å². The second-order valence-electron chi connectivity index (χ2n) is 5.42. The zero-order valence-electron chi connectivity index (χ0n) is 12.0. The number of aliphatic carboxylic acids is 1. The Kier molecular flexibility index (Phi) is 4.73. The summed E-state index contributed by atoms with van der Waals surface area (Å²) in [5, 5.41) is 9.11. The summed E-state index contributed by atoms with van der Waals surface area (Å²) in [4.78, 5) is 37.0. The fraction of sp³-hybridized carbons (Fsp3) is 0.438. The zero-order chi connectivity index (χ0) is 15.4. The molecule has 2 atom stereocenters. The van der Waals surface area contributed by atoms with Crippen molar-refractivity contribution >= 4 is 17.7 Å². The second kappa shape index (κ2) is 6.52. The number of Topliss-reactive ketones (excluding diaryl/α,β-unsaturated/α-hetero) is 1. The highest BCUT2D eigenvalue weighted by Crippen LogP contribution is 2.22. The van der Waals surface area contributed by atoms with E-state index in [-0.39, 0.29) is 18.1 Å². The molecule has 0 radical (unpaired) electrons. The van der Waals surface area contributed by atoms with Gasteiger partial charge in [0.25, 0.3) is 0 Å². The molecule has 0 saturated carbocycles. The standard InChI is InChI=1S/C16H19NO4/c1-11(10-14(18)12-6-3-2-4-7-12)15(19)17-9-5-8-13(17)16(20)21/h2-4,6-7,11,13H,5,8-10H2,1H3,(H,20,21)/t11?,13-/m0/s1. The van der Waals surface area contributed by atoms with Crippen LogP contribution in [0.2, 0.25) is 0 Å². The van der Waals surface area contributed by atoms with Gasteiger partial charge in [0.05, 0.1) is 0 Å². The lowest BCUT2D eigenvalue weighted by Gasteiger charge is -2.24. The Labute approximate surface area is 123 Å². The number of hydrogen-bond donors (Lipinski definition) is 1. The third-order valence-electron chi connectivity index (χ3n) is 3.83. The molecule has 1 saturated heterocycles. The van der Waals surface area contributed by atoms with Crippen LogP contribution in [0.4, 0.5) is 0 Å². The lowest BCUT2D eigenvalue weighted by molar-refractivity contribution is -0.149. The van der Waals surface area contributed by atoms with Gasteiger partial charge in [-0.15, -0.1) is 0 Å². The van der Waals surface area contributed by atoms with Crippen LogP contribution >= 0.6 is 0 Å². The number of carboxylic acid groups (broad SMARTS) is 1. The first-order valence-corrected chi connectivity index (χ1v) is 7.12. The van der Waals surface area contributed by atoms with E-state index >= 15 is 0 Å². The molecular formula is C16H19NO4. The number of carboxylic acids is 1. The predicted molar refractivity (Wildman–Crippen MR) is 76.9 cm³/mol. The number of likely N-dealkylation sites (tertiary alicyclic amines) is 1. The number of amides is 1. The van der Waals surface area contributed by atoms with Crippen LogP contribution < -0.4 is 0 Å². The number of benzene rings is 1. The van der Waals surface area contributed by atoms with E-state index < -0.39 is 17.9 Å². The Morgan fingerprint density at radius 2 is 1.95 bits per heavy atom. The maximum Gasteiger partial charge on any atom is 0.326 e. The topological polar surface area (TPSA) is 74.7 Å². The summed E-state index contributed by atoms with van der Waals surface area (Å²) in [6, 6.07) is 8.07. The molecule has 1 N–H and O–H groups in total. The van der Waals surface area contributed by atoms with Crippen molar-refractivity contribution in [2.24, 2.45) is 5.92 Å². The van der Waals surface area contributed by atoms with Gasteiger partial charge in [-0.25, -0.2) is 4.79 Å². The van der Waals surface area contributed by atoms with Crippen LogP contribution in [0, 0.1) is 5.92 Å². The molecule has 112 valence electrons. The quantitative estimate of drug-likeness (QED) is 0.841. The number of carbonyl (C=O) groups excluding carboxylic acids is 2. The Hall–Kier alpha value is -2.17. The largest absolute Gasteiger partial charge is 0.480 e. The van der Waals surface area contributed by atoms with Crippen molar-refractivity contribution < 1.29 is 19.5 Å². The third kappa shape index (κ3) is 3.48. The third-order valence-corrected chi connectivity index (χ3v) is 3.83. The Bertz CT molecular complexity index is 540. The highest BCUT2D eigenvalue weighted by atomic mass is 16.4. The van der Waals surface area contributed by atoms with Crippen molar-refractivity contribution in [2.75, 3.05) is 6.54 Å². The second-order valence-corrected chi connectivity index (χ2v) is 5.42. The van der Waals surface area contributed by atoms with Crippen LogP contribution in [0.3, 0.4) is 0 Å². The molecule has 1 aromatic rings. The molecule has 1 fully saturated rings. The first kappa shape index (κ1) is 15.2. The van der Waals surface area contributed by atoms with Crippen LogP contribution in [-0.4, -0.2) is 40.3 Å². The minimum Gasteiger partial charge on any atom is -0.480 e. The average molecular weight is 289 g/mol. The van der Waals surface area contributed by atoms with Crippen molar-refractivity contribution in [3.63, 3.8) is 0 Å². The van der Waals surface area contributed by atoms with Crippen molar-refractivity contribution in [3.05, 3.63) is 35.9 Å². The highest BCUT2D eigenvalue weighted by molar-refractivity contribution is 5.98. The van der Waals surface area contributed by atoms with Gasteiger partial charge in [0, 0.05) is 24.4 Å². The van der Waals surface area contributed by atoms with E-state index in [1.54, 1.807) is 31.2 Å². The molecule has 0 bridgehead atoms. The Morgan fingerprint density at radius 1 is 1.29 bits per heavy atom. The van der Waals surface area contributed by atoms with E-state index in [1.165, 1.54) is 4.90 Å². The molecule has 5 heteroatoms. The van der Waals surface area contributed by atoms with Crippen LogP contribution in [0.1, 0.15) is 36.5 Å². The van der Waals surface area contributed by atoms with Crippen molar-refractivity contribution in [2.45, 2.75) is 32.2 Å². The molecule has 0 aliphatic carbocycles. The van der Waals surface area contributed by atoms with Crippen molar-refractivity contribution in [3.8, 4) is 0 Å². The molecule has 1 unspecified atom stereocenters. The number of ketones is 1. The maximum atomic E-state index is 12.3. The molecule has 1 heterocycles. The molecule has 2 rings (SSSR count). The maximum absolute atomic E-state index is 12.3. The number of rotatable bonds is 5. The van der Waals surface area contributed by atoms with Gasteiger partial charge in [0.15, 0.2) is 5.78 Å². The molecule has 0 spiro atoms. The first-order valence-electron chi connectivity index (χ1n) is 7.12. The molecule has 0 aromatic heterocycles. The van der Waals surface area contributed by atoms with Gasteiger partial charge in [-0.3, -0.25) is 9.59 Å². The monoisotopic (exact) mass is 289 g/mol. The molecule has 1 aliphatic heterocycles. The summed E-state index contributed by atoms with van der Waals surface area (Å²) < 4.78 is 0. The normalized spacial score (nSPS) is 19.3. The number of carbonyl (C=O) groups is 3. The average Bonchev–Trinajstić information content (AvgIpc) is 2.96. The molecule has 5 nitrogen and oxygen atoms in total. The molecule has 1 amide bonds. The van der Waals surface area contributed by atoms with Gasteiger partial charge < -0.3 is 10.0 Å². The highest BCUT2D eigenvalue weighted by Gasteiger charge is 2.36. The Balaban J connectivity index is 2.00. The van der Waals surface area contributed by atoms with Gasteiger partial charge in [0.2, 0.25) is 5.91 Å². The SMILES string of the molecule is CC(CC(=O)c1ccccc1)C(=O)N1CCC[C@H]1C(=O)O. The van der Waals surface area contributed by atoms with E-state index in [1.807, 2.05) is 6.07 Å². The minimum absolute atomic E-state index is 0.0949. The Morgan fingerprint density at radius 3 is 2.57 bits per heavy atom. The predicted octanol–water partition coefficient (Wildman–Crippen LogP) is 1.97. The fourth-order valence-corrected chi connectivity index (χ4v) is 2.68. The van der Waals surface area contributed by atoms with Crippen LogP contribution in [0.15, 0.2) is 30.3 Å². The van der Waals surface area contributed by atoms with Gasteiger partial charge in [-0.2, -0.15) is 0 Å². The lowest BCUT2D eigenvalue weighted by atomic mass is 9.98. The summed E-state index contributed by atoms with van der Waals surface area (Å²) >= 11 is 0. The molecular weight excluding hydrogens is 270 g/mol. The van der Waals surface area contributed by atoms with Crippen LogP contribution in [0.5, 0.6) is 0 Å². The zero-order valence-corrected chi connectivity index (χ0v) is 12.0. The van der Waals surface area contributed by atoms with E-state index in [0.29, 0.717) is 24.9 Å². The summed E-state index contributed by atoms with van der Waals surface area (Å²) in [6.45, 7) is 2.14. The van der Waals surface area contributed by atoms with Gasteiger partial charge >= 0.3 is 5.97 Å². The minimum atomic E-state index is -0.970. The molecule has 1 aliphatic rings.